The van der Waals surface area contributed by atoms with Crippen molar-refractivity contribution >= 4 is 23.4 Å². The van der Waals surface area contributed by atoms with E-state index in [4.69, 9.17) is 0 Å². The Labute approximate surface area is 217 Å². The molecule has 5 rings (SSSR count). The van der Waals surface area contributed by atoms with E-state index in [2.05, 4.69) is 24.5 Å². The molecule has 8 heteroatoms. The monoisotopic (exact) mass is 510 g/mol. The summed E-state index contributed by atoms with van der Waals surface area (Å²) in [6, 6.07) is -1.17. The number of aliphatic hydroxyl groups excluding tert-OH is 2. The lowest BCUT2D eigenvalue weighted by Gasteiger charge is -2.40. The highest BCUT2D eigenvalue weighted by atomic mass is 16.3. The van der Waals surface area contributed by atoms with Crippen LogP contribution < -0.4 is 10.6 Å². The van der Waals surface area contributed by atoms with Crippen LogP contribution in [0.2, 0.25) is 0 Å². The average Bonchev–Trinajstić information content (AvgIpc) is 3.48. The van der Waals surface area contributed by atoms with E-state index in [1.165, 1.54) is 18.6 Å². The van der Waals surface area contributed by atoms with E-state index in [0.29, 0.717) is 36.5 Å². The number of hydrogen-bond donors (Lipinski definition) is 4. The van der Waals surface area contributed by atoms with Gasteiger partial charge >= 0.3 is 0 Å². The van der Waals surface area contributed by atoms with Crippen LogP contribution in [0.3, 0.4) is 0 Å². The van der Waals surface area contributed by atoms with E-state index in [-0.39, 0.29) is 53.9 Å². The minimum Gasteiger partial charge on any atom is -0.507 e. The molecule has 2 bridgehead atoms. The van der Waals surface area contributed by atoms with E-state index in [9.17, 15) is 29.4 Å². The topological polar surface area (TPSA) is 133 Å². The van der Waals surface area contributed by atoms with Gasteiger partial charge in [0, 0.05) is 18.9 Å². The Hall–Kier alpha value is -2.74. The summed E-state index contributed by atoms with van der Waals surface area (Å²) in [7, 11) is 0. The molecule has 0 aromatic rings. The molecule has 3 aliphatic carbocycles. The molecule has 8 nitrogen and oxygen atoms in total. The summed E-state index contributed by atoms with van der Waals surface area (Å²) in [5.41, 5.74) is -0.372. The van der Waals surface area contributed by atoms with Gasteiger partial charge in [0.15, 0.2) is 5.78 Å². The van der Waals surface area contributed by atoms with Crippen molar-refractivity contribution in [3.05, 3.63) is 35.6 Å². The first kappa shape index (κ1) is 25.9. The van der Waals surface area contributed by atoms with Gasteiger partial charge in [0.25, 0.3) is 5.91 Å². The standard InChI is InChI=1S/C29H38N2O6/c1-3-15-11-17-12-19-18-5-4-6-23(35)30-10-9-21(33)27-28(36)26(29(37)31-27)20(32)8-7-16(18)13-22(34)25(19)24(17)14(15)2/h4,6-8,14-19,21,24-25,27,32-33H,3,5,9-13H2,1-2H3,(H,30,35)(H,31,37)/b6-4-,8-7+,26-20-/t14-,15+,16+,17+,18-,19+,21-,24+,25-,27-/m0/s1. The Kier molecular flexibility index (Phi) is 7.14. The maximum atomic E-state index is 13.5. The second-order valence-electron chi connectivity index (χ2n) is 11.7. The Balaban J connectivity index is 1.47. The summed E-state index contributed by atoms with van der Waals surface area (Å²) >= 11 is 0. The fourth-order valence-corrected chi connectivity index (χ4v) is 8.25. The molecule has 0 spiro atoms. The van der Waals surface area contributed by atoms with E-state index >= 15 is 0 Å². The van der Waals surface area contributed by atoms with Crippen LogP contribution in [0, 0.1) is 47.3 Å². The van der Waals surface area contributed by atoms with Crippen LogP contribution in [0.25, 0.3) is 0 Å². The molecule has 3 saturated carbocycles. The highest BCUT2D eigenvalue weighted by Crippen LogP contribution is 2.61. The fourth-order valence-electron chi connectivity index (χ4n) is 8.25. The van der Waals surface area contributed by atoms with Gasteiger partial charge in [-0.15, -0.1) is 0 Å². The lowest BCUT2D eigenvalue weighted by molar-refractivity contribution is -0.131. The second-order valence-corrected chi connectivity index (χ2v) is 11.7. The summed E-state index contributed by atoms with van der Waals surface area (Å²) < 4.78 is 0. The normalized spacial score (nSPS) is 46.0. The molecule has 0 radical (unpaired) electrons. The van der Waals surface area contributed by atoms with Gasteiger partial charge in [-0.1, -0.05) is 32.4 Å². The van der Waals surface area contributed by atoms with Gasteiger partial charge in [-0.25, -0.2) is 0 Å². The summed E-state index contributed by atoms with van der Waals surface area (Å²) in [6.45, 7) is 4.68. The first-order valence-electron chi connectivity index (χ1n) is 13.8. The number of ketones is 2. The van der Waals surface area contributed by atoms with Crippen LogP contribution in [0.15, 0.2) is 35.6 Å². The predicted molar refractivity (Wildman–Crippen MR) is 136 cm³/mol. The molecule has 2 amide bonds. The molecule has 5 aliphatic rings. The highest BCUT2D eigenvalue weighted by molar-refractivity contribution is 6.27. The van der Waals surface area contributed by atoms with Gasteiger partial charge in [0.05, 0.1) is 6.10 Å². The molecule has 37 heavy (non-hydrogen) atoms. The van der Waals surface area contributed by atoms with E-state index < -0.39 is 29.6 Å². The quantitative estimate of drug-likeness (QED) is 0.401. The van der Waals surface area contributed by atoms with Crippen molar-refractivity contribution in [2.75, 3.05) is 6.54 Å². The third-order valence-electron chi connectivity index (χ3n) is 9.99. The van der Waals surface area contributed by atoms with Crippen LogP contribution >= 0.6 is 0 Å². The molecule has 4 fully saturated rings. The van der Waals surface area contributed by atoms with Crippen molar-refractivity contribution in [1.82, 2.24) is 10.6 Å². The van der Waals surface area contributed by atoms with Gasteiger partial charge in [-0.2, -0.15) is 0 Å². The lowest BCUT2D eigenvalue weighted by Crippen LogP contribution is -2.42. The summed E-state index contributed by atoms with van der Waals surface area (Å²) in [5.74, 6) is 0.507. The zero-order chi connectivity index (χ0) is 26.4. The van der Waals surface area contributed by atoms with Crippen molar-refractivity contribution in [2.24, 2.45) is 47.3 Å². The third-order valence-corrected chi connectivity index (χ3v) is 9.99. The Bertz CT molecular complexity index is 1080. The molecule has 4 N–H and O–H groups in total. The Morgan fingerprint density at radius 1 is 1.08 bits per heavy atom. The molecule has 200 valence electrons. The van der Waals surface area contributed by atoms with Crippen molar-refractivity contribution < 1.29 is 29.4 Å². The molecule has 0 aromatic heterocycles. The fraction of sp³-hybridized carbons (Fsp3) is 0.655. The summed E-state index contributed by atoms with van der Waals surface area (Å²) in [4.78, 5) is 51.2. The minimum absolute atomic E-state index is 0.0374. The van der Waals surface area contributed by atoms with Crippen molar-refractivity contribution in [3.63, 3.8) is 0 Å². The van der Waals surface area contributed by atoms with Crippen LogP contribution in [0.4, 0.5) is 0 Å². The number of Topliss-reactive ketones (excluding diaryl/α,β-unsaturated/α-hetero) is 2. The van der Waals surface area contributed by atoms with Crippen LogP contribution in [-0.2, 0) is 19.2 Å². The van der Waals surface area contributed by atoms with Crippen molar-refractivity contribution in [2.45, 2.75) is 64.5 Å². The number of carbonyl (C=O) groups excluding carboxylic acids is 4. The lowest BCUT2D eigenvalue weighted by atomic mass is 9.63. The number of fused-ring (bicyclic) bond motifs is 7. The van der Waals surface area contributed by atoms with Gasteiger partial charge in [0.2, 0.25) is 5.91 Å². The number of aliphatic hydroxyl groups is 2. The van der Waals surface area contributed by atoms with Gasteiger partial charge < -0.3 is 20.8 Å². The Morgan fingerprint density at radius 3 is 2.62 bits per heavy atom. The maximum absolute atomic E-state index is 13.5. The Morgan fingerprint density at radius 2 is 1.86 bits per heavy atom. The summed E-state index contributed by atoms with van der Waals surface area (Å²) in [5, 5.41) is 26.3. The van der Waals surface area contributed by atoms with E-state index in [1.807, 2.05) is 6.08 Å². The molecule has 10 atom stereocenters. The molecular weight excluding hydrogens is 472 g/mol. The number of carbonyl (C=O) groups is 4. The molecular formula is C29H38N2O6. The molecule has 0 aromatic carbocycles. The number of hydrogen-bond acceptors (Lipinski definition) is 6. The first-order chi connectivity index (χ1) is 17.7. The van der Waals surface area contributed by atoms with E-state index in [0.717, 1.165) is 12.8 Å². The van der Waals surface area contributed by atoms with Gasteiger partial charge in [-0.3, -0.25) is 19.2 Å². The average molecular weight is 511 g/mol. The molecule has 1 saturated heterocycles. The maximum Gasteiger partial charge on any atom is 0.259 e. The van der Waals surface area contributed by atoms with E-state index in [1.54, 1.807) is 6.08 Å². The van der Waals surface area contributed by atoms with Crippen molar-refractivity contribution in [1.29, 1.82) is 0 Å². The third kappa shape index (κ3) is 4.58. The summed E-state index contributed by atoms with van der Waals surface area (Å²) in [6.07, 6.45) is 9.70. The number of amides is 2. The molecule has 2 aliphatic heterocycles. The van der Waals surface area contributed by atoms with Crippen LogP contribution in [0.5, 0.6) is 0 Å². The van der Waals surface area contributed by atoms with Gasteiger partial charge in [0.1, 0.15) is 23.2 Å². The number of nitrogens with one attached hydrogen (secondary N) is 2. The predicted octanol–water partition coefficient (Wildman–Crippen LogP) is 2.39. The smallest absolute Gasteiger partial charge is 0.259 e. The zero-order valence-electron chi connectivity index (χ0n) is 21.6. The number of allylic oxidation sites excluding steroid dienone is 3. The molecule has 2 heterocycles. The first-order valence-corrected chi connectivity index (χ1v) is 13.8. The minimum atomic E-state index is -1.20. The van der Waals surface area contributed by atoms with Crippen molar-refractivity contribution in [3.8, 4) is 0 Å². The number of rotatable bonds is 1. The van der Waals surface area contributed by atoms with Crippen LogP contribution in [0.1, 0.15) is 52.4 Å². The highest BCUT2D eigenvalue weighted by Gasteiger charge is 2.58. The largest absolute Gasteiger partial charge is 0.507 e. The zero-order valence-corrected chi connectivity index (χ0v) is 21.6. The van der Waals surface area contributed by atoms with Crippen LogP contribution in [-0.4, -0.2) is 52.3 Å². The second kappa shape index (κ2) is 10.2. The molecule has 0 unspecified atom stereocenters. The van der Waals surface area contributed by atoms with Gasteiger partial charge in [-0.05, 0) is 79.3 Å². The SMILES string of the molecule is CC[C@@H]1C[C@@H]2C[C@@H]3[C@H]4C/C=C\C(=O)NCC[C@H](O)[C@@H]5NC(=O)/C(=C(O)/C=C/[C@@H]4CC(=O)[C@H]3[C@@H]2[C@H]1C)C5=O.